The van der Waals surface area contributed by atoms with Crippen molar-refractivity contribution in [2.45, 2.75) is 29.9 Å². The van der Waals surface area contributed by atoms with Crippen molar-refractivity contribution in [3.05, 3.63) is 23.2 Å². The minimum absolute atomic E-state index is 0.0787. The van der Waals surface area contributed by atoms with E-state index in [1.54, 1.807) is 4.90 Å². The van der Waals surface area contributed by atoms with Crippen LogP contribution in [-0.2, 0) is 14.6 Å². The average Bonchev–Trinajstić information content (AvgIpc) is 2.93. The standard InChI is InChI=1S/C13H17ClN2O3S/c1-9(13(17)16-6-2-3-7-16)20(18,19)12-8-10(14)4-5-11(12)15/h4-5,8-9H,2-3,6-7,15H2,1H3. The van der Waals surface area contributed by atoms with E-state index in [4.69, 9.17) is 17.3 Å². The Labute approximate surface area is 123 Å². The van der Waals surface area contributed by atoms with Crippen LogP contribution in [0.25, 0.3) is 0 Å². The van der Waals surface area contributed by atoms with Gasteiger partial charge in [0.2, 0.25) is 5.91 Å². The van der Waals surface area contributed by atoms with Crippen molar-refractivity contribution in [1.29, 1.82) is 0 Å². The van der Waals surface area contributed by atoms with Crippen LogP contribution in [0.1, 0.15) is 19.8 Å². The van der Waals surface area contributed by atoms with E-state index >= 15 is 0 Å². The number of nitrogen functional groups attached to an aromatic ring is 1. The zero-order valence-electron chi connectivity index (χ0n) is 11.2. The molecule has 20 heavy (non-hydrogen) atoms. The van der Waals surface area contributed by atoms with Gasteiger partial charge < -0.3 is 10.6 Å². The number of hydrogen-bond acceptors (Lipinski definition) is 4. The van der Waals surface area contributed by atoms with E-state index in [2.05, 4.69) is 0 Å². The van der Waals surface area contributed by atoms with E-state index in [-0.39, 0.29) is 21.5 Å². The molecule has 1 saturated heterocycles. The van der Waals surface area contributed by atoms with Gasteiger partial charge in [0.15, 0.2) is 9.84 Å². The van der Waals surface area contributed by atoms with Gasteiger partial charge in [-0.1, -0.05) is 11.6 Å². The van der Waals surface area contributed by atoms with Crippen molar-refractivity contribution in [2.24, 2.45) is 0 Å². The number of benzene rings is 1. The fourth-order valence-corrected chi connectivity index (χ4v) is 3.99. The third-order valence-electron chi connectivity index (χ3n) is 3.51. The van der Waals surface area contributed by atoms with Gasteiger partial charge in [-0.3, -0.25) is 4.79 Å². The van der Waals surface area contributed by atoms with Gasteiger partial charge in [-0.05, 0) is 38.0 Å². The highest BCUT2D eigenvalue weighted by Gasteiger charge is 2.35. The second-order valence-corrected chi connectivity index (χ2v) is 7.58. The lowest BCUT2D eigenvalue weighted by Crippen LogP contribution is -2.40. The topological polar surface area (TPSA) is 80.5 Å². The Morgan fingerprint density at radius 2 is 1.95 bits per heavy atom. The van der Waals surface area contributed by atoms with E-state index in [0.717, 1.165) is 12.8 Å². The number of hydrogen-bond donors (Lipinski definition) is 1. The first-order chi connectivity index (χ1) is 9.34. The number of halogens is 1. The van der Waals surface area contributed by atoms with Gasteiger partial charge in [-0.2, -0.15) is 0 Å². The number of sulfone groups is 1. The van der Waals surface area contributed by atoms with E-state index < -0.39 is 15.1 Å². The summed E-state index contributed by atoms with van der Waals surface area (Å²) >= 11 is 5.82. The summed E-state index contributed by atoms with van der Waals surface area (Å²) in [6.07, 6.45) is 1.83. The Morgan fingerprint density at radius 1 is 1.35 bits per heavy atom. The first kappa shape index (κ1) is 15.1. The highest BCUT2D eigenvalue weighted by atomic mass is 35.5. The summed E-state index contributed by atoms with van der Waals surface area (Å²) in [4.78, 5) is 13.7. The molecule has 2 N–H and O–H groups in total. The molecule has 1 aliphatic heterocycles. The maximum Gasteiger partial charge on any atom is 0.241 e. The molecule has 0 radical (unpaired) electrons. The summed E-state index contributed by atoms with van der Waals surface area (Å²) in [6.45, 7) is 2.63. The molecule has 0 aromatic heterocycles. The van der Waals surface area contributed by atoms with E-state index in [9.17, 15) is 13.2 Å². The molecule has 0 bridgehead atoms. The first-order valence-corrected chi connectivity index (χ1v) is 8.34. The minimum Gasteiger partial charge on any atom is -0.398 e. The van der Waals surface area contributed by atoms with Crippen molar-refractivity contribution in [2.75, 3.05) is 18.8 Å². The number of carbonyl (C=O) groups excluding carboxylic acids is 1. The van der Waals surface area contributed by atoms with Gasteiger partial charge in [-0.15, -0.1) is 0 Å². The van der Waals surface area contributed by atoms with Crippen molar-refractivity contribution in [3.63, 3.8) is 0 Å². The van der Waals surface area contributed by atoms with Crippen LogP contribution in [-0.4, -0.2) is 37.6 Å². The van der Waals surface area contributed by atoms with E-state index in [1.807, 2.05) is 0 Å². The lowest BCUT2D eigenvalue weighted by molar-refractivity contribution is -0.129. The highest BCUT2D eigenvalue weighted by molar-refractivity contribution is 7.93. The molecule has 1 amide bonds. The molecule has 1 aliphatic rings. The Bertz CT molecular complexity index is 625. The summed E-state index contributed by atoms with van der Waals surface area (Å²) in [7, 11) is -3.83. The van der Waals surface area contributed by atoms with Crippen molar-refractivity contribution in [3.8, 4) is 0 Å². The van der Waals surface area contributed by atoms with Crippen molar-refractivity contribution < 1.29 is 13.2 Å². The molecule has 0 spiro atoms. The summed E-state index contributed by atoms with van der Waals surface area (Å²) < 4.78 is 25.0. The number of rotatable bonds is 3. The molecule has 5 nitrogen and oxygen atoms in total. The molecule has 1 unspecified atom stereocenters. The van der Waals surface area contributed by atoms with Crippen LogP contribution in [0.5, 0.6) is 0 Å². The van der Waals surface area contributed by atoms with Crippen LogP contribution in [0.2, 0.25) is 5.02 Å². The third-order valence-corrected chi connectivity index (χ3v) is 5.85. The third kappa shape index (κ3) is 2.76. The zero-order chi connectivity index (χ0) is 14.9. The van der Waals surface area contributed by atoms with Crippen molar-refractivity contribution in [1.82, 2.24) is 4.90 Å². The van der Waals surface area contributed by atoms with Gasteiger partial charge in [0.05, 0.1) is 10.6 Å². The van der Waals surface area contributed by atoms with Gasteiger partial charge in [0.1, 0.15) is 5.25 Å². The zero-order valence-corrected chi connectivity index (χ0v) is 12.7. The maximum absolute atomic E-state index is 12.5. The Hall–Kier alpha value is -1.27. The number of carbonyl (C=O) groups is 1. The summed E-state index contributed by atoms with van der Waals surface area (Å²) in [5.74, 6) is -0.373. The molecular formula is C13H17ClN2O3S. The highest BCUT2D eigenvalue weighted by Crippen LogP contribution is 2.27. The summed E-state index contributed by atoms with van der Waals surface area (Å²) in [5, 5.41) is -0.875. The smallest absolute Gasteiger partial charge is 0.241 e. The van der Waals surface area contributed by atoms with Gasteiger partial charge in [0.25, 0.3) is 0 Å². The van der Waals surface area contributed by atoms with E-state index in [1.165, 1.54) is 25.1 Å². The molecule has 1 aromatic rings. The largest absolute Gasteiger partial charge is 0.398 e. The van der Waals surface area contributed by atoms with Crippen LogP contribution in [0, 0.1) is 0 Å². The Kier molecular flexibility index (Phi) is 4.25. The van der Waals surface area contributed by atoms with Gasteiger partial charge in [-0.25, -0.2) is 8.42 Å². The Morgan fingerprint density at radius 3 is 2.55 bits per heavy atom. The number of nitrogens with two attached hydrogens (primary N) is 1. The molecule has 0 aliphatic carbocycles. The predicted octanol–water partition coefficient (Wildman–Crippen LogP) is 1.71. The van der Waals surface area contributed by atoms with Crippen LogP contribution < -0.4 is 5.73 Å². The molecule has 0 saturated carbocycles. The number of amides is 1. The Balaban J connectivity index is 2.33. The number of anilines is 1. The SMILES string of the molecule is CC(C(=O)N1CCCC1)S(=O)(=O)c1cc(Cl)ccc1N. The average molecular weight is 317 g/mol. The molecule has 110 valence electrons. The minimum atomic E-state index is -3.83. The lowest BCUT2D eigenvalue weighted by Gasteiger charge is -2.21. The van der Waals surface area contributed by atoms with Crippen LogP contribution in [0.15, 0.2) is 23.1 Å². The fourth-order valence-electron chi connectivity index (χ4n) is 2.27. The first-order valence-electron chi connectivity index (χ1n) is 6.42. The second kappa shape index (κ2) is 5.61. The molecule has 1 atom stereocenters. The van der Waals surface area contributed by atoms with Gasteiger partial charge >= 0.3 is 0 Å². The normalized spacial score (nSPS) is 17.2. The molecule has 1 heterocycles. The molecule has 1 fully saturated rings. The monoisotopic (exact) mass is 316 g/mol. The summed E-state index contributed by atoms with van der Waals surface area (Å²) in [6, 6.07) is 4.24. The van der Waals surface area contributed by atoms with Crippen molar-refractivity contribution >= 4 is 33.0 Å². The quantitative estimate of drug-likeness (QED) is 0.861. The molecule has 1 aromatic carbocycles. The lowest BCUT2D eigenvalue weighted by atomic mass is 10.3. The predicted molar refractivity (Wildman–Crippen MR) is 78.3 cm³/mol. The second-order valence-electron chi connectivity index (χ2n) is 4.90. The summed E-state index contributed by atoms with van der Waals surface area (Å²) in [5.41, 5.74) is 5.81. The van der Waals surface area contributed by atoms with Gasteiger partial charge in [0, 0.05) is 18.1 Å². The van der Waals surface area contributed by atoms with E-state index in [0.29, 0.717) is 13.1 Å². The van der Waals surface area contributed by atoms with Crippen LogP contribution >= 0.6 is 11.6 Å². The fraction of sp³-hybridized carbons (Fsp3) is 0.462. The molecule has 7 heteroatoms. The maximum atomic E-state index is 12.5. The number of likely N-dealkylation sites (tertiary alicyclic amines) is 1. The molecular weight excluding hydrogens is 300 g/mol. The van der Waals surface area contributed by atoms with Crippen LogP contribution in [0.3, 0.4) is 0 Å². The number of nitrogens with zero attached hydrogens (tertiary/aromatic N) is 1. The molecule has 2 rings (SSSR count). The van der Waals surface area contributed by atoms with Crippen LogP contribution in [0.4, 0.5) is 5.69 Å².